The molecule has 0 N–H and O–H groups in total. The number of halogens is 2. The third kappa shape index (κ3) is 5.00. The van der Waals surface area contributed by atoms with Crippen LogP contribution in [0.2, 0.25) is 10.0 Å². The lowest BCUT2D eigenvalue weighted by atomic mass is 10.2. The Morgan fingerprint density at radius 1 is 1.19 bits per heavy atom. The zero-order valence-electron chi connectivity index (χ0n) is 13.9. The summed E-state index contributed by atoms with van der Waals surface area (Å²) in [6, 6.07) is 8.57. The lowest BCUT2D eigenvalue weighted by Crippen LogP contribution is -2.26. The Balaban J connectivity index is 2.29. The zero-order valence-corrected chi connectivity index (χ0v) is 15.4. The molecule has 7 nitrogen and oxygen atoms in total. The Hall–Kier alpha value is -2.51. The van der Waals surface area contributed by atoms with Crippen LogP contribution in [-0.2, 0) is 9.53 Å². The largest absolute Gasteiger partial charge is 0.472 e. The Bertz CT molecular complexity index is 827. The highest BCUT2D eigenvalue weighted by atomic mass is 35.5. The van der Waals surface area contributed by atoms with E-state index in [1.165, 1.54) is 31.2 Å². The molecule has 0 amide bonds. The van der Waals surface area contributed by atoms with Crippen LogP contribution in [0.25, 0.3) is 0 Å². The van der Waals surface area contributed by atoms with Gasteiger partial charge in [-0.2, -0.15) is 0 Å². The van der Waals surface area contributed by atoms with Gasteiger partial charge in [-0.05, 0) is 38.1 Å². The Kier molecular flexibility index (Phi) is 6.65. The summed E-state index contributed by atoms with van der Waals surface area (Å²) in [5.41, 5.74) is -0.310. The summed E-state index contributed by atoms with van der Waals surface area (Å²) in [7, 11) is 0. The van der Waals surface area contributed by atoms with Gasteiger partial charge in [0.05, 0.1) is 16.6 Å². The number of nitro groups is 1. The molecule has 0 aliphatic rings. The summed E-state index contributed by atoms with van der Waals surface area (Å²) in [5, 5.41) is 11.9. The monoisotopic (exact) mass is 399 g/mol. The molecular weight excluding hydrogens is 385 g/mol. The van der Waals surface area contributed by atoms with E-state index in [0.717, 1.165) is 0 Å². The van der Waals surface area contributed by atoms with Gasteiger partial charge in [0.2, 0.25) is 5.75 Å². The third-order valence-electron chi connectivity index (χ3n) is 3.17. The minimum Gasteiger partial charge on any atom is -0.472 e. The van der Waals surface area contributed by atoms with Crippen molar-refractivity contribution in [2.24, 2.45) is 0 Å². The predicted molar refractivity (Wildman–Crippen MR) is 96.4 cm³/mol. The first-order chi connectivity index (χ1) is 12.3. The quantitative estimate of drug-likeness (QED) is 0.368. The molecule has 0 spiro atoms. The number of rotatable bonds is 7. The Morgan fingerprint density at radius 2 is 1.92 bits per heavy atom. The van der Waals surface area contributed by atoms with Crippen LogP contribution in [0.15, 0.2) is 36.4 Å². The summed E-state index contributed by atoms with van der Waals surface area (Å²) in [6.07, 6.45) is -1.02. The zero-order chi connectivity index (χ0) is 19.3. The van der Waals surface area contributed by atoms with Crippen LogP contribution in [0, 0.1) is 10.1 Å². The van der Waals surface area contributed by atoms with E-state index in [0.29, 0.717) is 10.8 Å². The van der Waals surface area contributed by atoms with Gasteiger partial charge in [-0.1, -0.05) is 23.2 Å². The van der Waals surface area contributed by atoms with Crippen LogP contribution in [0.5, 0.6) is 17.2 Å². The standard InChI is InChI=1S/C17H15Cl2NO6/c1-3-24-17(21)10(2)25-16-9-12(5-6-14(16)20(22)23)26-15-7-4-11(18)8-13(15)19/h4-10H,3H2,1-2H3. The van der Waals surface area contributed by atoms with Gasteiger partial charge >= 0.3 is 11.7 Å². The van der Waals surface area contributed by atoms with Gasteiger partial charge in [0, 0.05) is 17.2 Å². The first-order valence-electron chi connectivity index (χ1n) is 7.56. The average Bonchev–Trinajstić information content (AvgIpc) is 2.57. The molecule has 1 unspecified atom stereocenters. The molecule has 0 saturated carbocycles. The summed E-state index contributed by atoms with van der Waals surface area (Å²) < 4.78 is 15.9. The number of carbonyl (C=O) groups excluding carboxylic acids is 1. The number of carbonyl (C=O) groups is 1. The van der Waals surface area contributed by atoms with Crippen LogP contribution in [0.4, 0.5) is 5.69 Å². The molecule has 2 aromatic carbocycles. The molecule has 138 valence electrons. The van der Waals surface area contributed by atoms with Crippen LogP contribution >= 0.6 is 23.2 Å². The molecule has 1 atom stereocenters. The maximum Gasteiger partial charge on any atom is 0.347 e. The van der Waals surface area contributed by atoms with E-state index in [1.54, 1.807) is 19.1 Å². The van der Waals surface area contributed by atoms with E-state index in [4.69, 9.17) is 37.4 Å². The number of nitrogens with zero attached hydrogens (tertiary/aromatic N) is 1. The van der Waals surface area contributed by atoms with E-state index >= 15 is 0 Å². The molecule has 9 heteroatoms. The van der Waals surface area contributed by atoms with Gasteiger partial charge in [-0.3, -0.25) is 10.1 Å². The van der Waals surface area contributed by atoms with Crippen LogP contribution in [0.1, 0.15) is 13.8 Å². The second kappa shape index (κ2) is 8.73. The molecule has 0 bridgehead atoms. The van der Waals surface area contributed by atoms with E-state index in [1.807, 2.05) is 0 Å². The summed E-state index contributed by atoms with van der Waals surface area (Å²) in [6.45, 7) is 3.26. The first kappa shape index (κ1) is 19.8. The summed E-state index contributed by atoms with van der Waals surface area (Å²) in [5.74, 6) is -0.202. The number of ether oxygens (including phenoxy) is 3. The summed E-state index contributed by atoms with van der Waals surface area (Å²) in [4.78, 5) is 22.3. The lowest BCUT2D eigenvalue weighted by Gasteiger charge is -2.14. The van der Waals surface area contributed by atoms with Crippen molar-refractivity contribution in [3.63, 3.8) is 0 Å². The molecule has 0 aliphatic heterocycles. The molecule has 0 aromatic heterocycles. The minimum absolute atomic E-state index is 0.127. The second-order valence-electron chi connectivity index (χ2n) is 5.08. The van der Waals surface area contributed by atoms with Crippen molar-refractivity contribution < 1.29 is 23.9 Å². The third-order valence-corrected chi connectivity index (χ3v) is 3.70. The van der Waals surface area contributed by atoms with Crippen molar-refractivity contribution in [3.8, 4) is 17.2 Å². The first-order valence-corrected chi connectivity index (χ1v) is 8.32. The number of esters is 1. The molecule has 0 fully saturated rings. The molecule has 0 saturated heterocycles. The minimum atomic E-state index is -1.02. The second-order valence-corrected chi connectivity index (χ2v) is 5.92. The van der Waals surface area contributed by atoms with Gasteiger partial charge in [0.1, 0.15) is 11.5 Å². The number of nitro benzene ring substituents is 1. The normalized spacial score (nSPS) is 11.5. The number of benzene rings is 2. The molecule has 0 radical (unpaired) electrons. The van der Waals surface area contributed by atoms with Crippen molar-refractivity contribution in [3.05, 3.63) is 56.6 Å². The van der Waals surface area contributed by atoms with Crippen molar-refractivity contribution in [1.29, 1.82) is 0 Å². The lowest BCUT2D eigenvalue weighted by molar-refractivity contribution is -0.386. The van der Waals surface area contributed by atoms with Crippen LogP contribution in [0.3, 0.4) is 0 Å². The van der Waals surface area contributed by atoms with E-state index < -0.39 is 17.0 Å². The highest BCUT2D eigenvalue weighted by Crippen LogP contribution is 2.36. The van der Waals surface area contributed by atoms with Gasteiger partial charge in [0.15, 0.2) is 6.10 Å². The Morgan fingerprint density at radius 3 is 2.54 bits per heavy atom. The van der Waals surface area contributed by atoms with Gasteiger partial charge in [-0.15, -0.1) is 0 Å². The fraction of sp³-hybridized carbons (Fsp3) is 0.235. The maximum atomic E-state index is 11.7. The molecule has 26 heavy (non-hydrogen) atoms. The summed E-state index contributed by atoms with van der Waals surface area (Å²) >= 11 is 11.9. The highest BCUT2D eigenvalue weighted by molar-refractivity contribution is 6.35. The number of hydrogen-bond acceptors (Lipinski definition) is 6. The van der Waals surface area contributed by atoms with Crippen LogP contribution in [-0.4, -0.2) is 23.6 Å². The van der Waals surface area contributed by atoms with Crippen molar-refractivity contribution in [1.82, 2.24) is 0 Å². The van der Waals surface area contributed by atoms with Crippen molar-refractivity contribution in [2.75, 3.05) is 6.61 Å². The SMILES string of the molecule is CCOC(=O)C(C)Oc1cc(Oc2ccc(Cl)cc2Cl)ccc1[N+](=O)[O-]. The average molecular weight is 400 g/mol. The van der Waals surface area contributed by atoms with Gasteiger partial charge < -0.3 is 14.2 Å². The number of hydrogen-bond donors (Lipinski definition) is 0. The fourth-order valence-corrected chi connectivity index (χ4v) is 2.43. The molecular formula is C17H15Cl2NO6. The molecule has 2 aromatic rings. The Labute approximate surface area is 159 Å². The molecule has 0 heterocycles. The van der Waals surface area contributed by atoms with Gasteiger partial charge in [0.25, 0.3) is 0 Å². The van der Waals surface area contributed by atoms with Crippen molar-refractivity contribution in [2.45, 2.75) is 20.0 Å². The van der Waals surface area contributed by atoms with E-state index in [-0.39, 0.29) is 28.8 Å². The predicted octanol–water partition coefficient (Wildman–Crippen LogP) is 5.02. The molecule has 0 aliphatic carbocycles. The smallest absolute Gasteiger partial charge is 0.347 e. The van der Waals surface area contributed by atoms with Crippen molar-refractivity contribution >= 4 is 34.9 Å². The topological polar surface area (TPSA) is 87.9 Å². The van der Waals surface area contributed by atoms with E-state index in [9.17, 15) is 14.9 Å². The van der Waals surface area contributed by atoms with Gasteiger partial charge in [-0.25, -0.2) is 4.79 Å². The van der Waals surface area contributed by atoms with E-state index in [2.05, 4.69) is 0 Å². The molecule has 2 rings (SSSR count). The van der Waals surface area contributed by atoms with Crippen LogP contribution < -0.4 is 9.47 Å². The maximum absolute atomic E-state index is 11.7. The fourth-order valence-electron chi connectivity index (χ4n) is 1.99. The highest BCUT2D eigenvalue weighted by Gasteiger charge is 2.23.